The van der Waals surface area contributed by atoms with E-state index < -0.39 is 57.0 Å². The van der Waals surface area contributed by atoms with Gasteiger partial charge in [-0.05, 0) is 36.8 Å². The fourth-order valence-electron chi connectivity index (χ4n) is 4.76. The van der Waals surface area contributed by atoms with Crippen molar-refractivity contribution in [2.45, 2.75) is 19.4 Å². The van der Waals surface area contributed by atoms with E-state index in [4.69, 9.17) is 14.2 Å². The van der Waals surface area contributed by atoms with Crippen molar-refractivity contribution in [3.63, 3.8) is 0 Å². The number of fused-ring (bicyclic) bond motifs is 2. The van der Waals surface area contributed by atoms with Crippen LogP contribution in [0.15, 0.2) is 54.6 Å². The van der Waals surface area contributed by atoms with Crippen molar-refractivity contribution in [2.75, 3.05) is 20.8 Å². The Morgan fingerprint density at radius 2 is 1.47 bits per heavy atom. The number of amides is 2. The molecule has 0 bridgehead atoms. The molecule has 3 aromatic carbocycles. The van der Waals surface area contributed by atoms with Crippen LogP contribution >= 0.6 is 0 Å². The largest absolute Gasteiger partial charge is 0.493 e. The van der Waals surface area contributed by atoms with Crippen LogP contribution in [-0.2, 0) is 14.3 Å². The maximum absolute atomic E-state index is 13.1. The first kappa shape index (κ1) is 31.7. The van der Waals surface area contributed by atoms with Crippen molar-refractivity contribution in [3.8, 4) is 11.5 Å². The summed E-state index contributed by atoms with van der Waals surface area (Å²) in [7, 11) is 2.65. The standard InChI is InChI=1S/C21H20N2O8.C8H3NO5/c1-4-31-17-10-12(8-9-16(17)29-2)15(11-18(24)30-3)22-20(25)13-6-5-7-14(23(27)28)19(13)21(22)26;10-7-4-2-1-3-5(9(12)13)6(4)8(11)14-7/h5-10,15H,4,11H2,1-3H3;1-3H. The number of benzene rings is 3. The number of hydrogen-bond acceptors (Lipinski definition) is 13. The number of hydrogen-bond donors (Lipinski definition) is 0. The van der Waals surface area contributed by atoms with Gasteiger partial charge in [0, 0.05) is 12.1 Å². The molecule has 16 heteroatoms. The Balaban J connectivity index is 0.000000273. The third kappa shape index (κ3) is 6.01. The fourth-order valence-corrected chi connectivity index (χ4v) is 4.76. The van der Waals surface area contributed by atoms with Crippen LogP contribution in [0.2, 0.25) is 0 Å². The van der Waals surface area contributed by atoms with Crippen LogP contribution in [0, 0.1) is 20.2 Å². The predicted octanol–water partition coefficient (Wildman–Crippen LogP) is 3.81. The van der Waals surface area contributed by atoms with Gasteiger partial charge in [-0.3, -0.25) is 39.5 Å². The maximum atomic E-state index is 13.1. The van der Waals surface area contributed by atoms with Crippen LogP contribution in [0.1, 0.15) is 66.4 Å². The number of methoxy groups -OCH3 is 2. The zero-order valence-electron chi connectivity index (χ0n) is 23.8. The molecule has 0 saturated heterocycles. The molecule has 232 valence electrons. The smallest absolute Gasteiger partial charge is 0.353 e. The lowest BCUT2D eigenvalue weighted by Gasteiger charge is -2.26. The van der Waals surface area contributed by atoms with E-state index in [1.54, 1.807) is 25.1 Å². The first-order valence-corrected chi connectivity index (χ1v) is 13.0. The van der Waals surface area contributed by atoms with E-state index in [0.29, 0.717) is 23.7 Å². The molecule has 0 aliphatic carbocycles. The molecule has 1 unspecified atom stereocenters. The van der Waals surface area contributed by atoms with Gasteiger partial charge in [-0.1, -0.05) is 18.2 Å². The molecule has 0 saturated carbocycles. The highest BCUT2D eigenvalue weighted by Gasteiger charge is 2.45. The fraction of sp³-hybridized carbons (Fsp3) is 0.207. The molecule has 5 rings (SSSR count). The predicted molar refractivity (Wildman–Crippen MR) is 150 cm³/mol. The molecule has 0 spiro atoms. The number of carbonyl (C=O) groups is 5. The van der Waals surface area contributed by atoms with Gasteiger partial charge in [0.05, 0.1) is 54.3 Å². The van der Waals surface area contributed by atoms with Gasteiger partial charge in [0.1, 0.15) is 5.56 Å². The minimum atomic E-state index is -1.07. The Hall–Kier alpha value is -6.19. The van der Waals surface area contributed by atoms with E-state index in [1.807, 2.05) is 0 Å². The third-order valence-electron chi connectivity index (χ3n) is 6.74. The quantitative estimate of drug-likeness (QED) is 0.109. The number of carbonyl (C=O) groups excluding carboxylic acids is 5. The molecule has 45 heavy (non-hydrogen) atoms. The summed E-state index contributed by atoms with van der Waals surface area (Å²) in [5.74, 6) is -3.25. The van der Waals surface area contributed by atoms with Crippen LogP contribution in [-0.4, -0.2) is 65.3 Å². The van der Waals surface area contributed by atoms with Crippen molar-refractivity contribution in [2.24, 2.45) is 0 Å². The second-order valence-corrected chi connectivity index (χ2v) is 9.21. The van der Waals surface area contributed by atoms with Crippen LogP contribution < -0.4 is 9.47 Å². The molecule has 2 amide bonds. The molecule has 0 N–H and O–H groups in total. The van der Waals surface area contributed by atoms with E-state index in [1.165, 1.54) is 38.5 Å². The first-order chi connectivity index (χ1) is 21.4. The van der Waals surface area contributed by atoms with Gasteiger partial charge < -0.3 is 18.9 Å². The van der Waals surface area contributed by atoms with Crippen molar-refractivity contribution in [1.29, 1.82) is 0 Å². The summed E-state index contributed by atoms with van der Waals surface area (Å²) in [6.07, 6.45) is -0.340. The van der Waals surface area contributed by atoms with Crippen LogP contribution in [0.25, 0.3) is 0 Å². The molecular weight excluding hydrogens is 598 g/mol. The van der Waals surface area contributed by atoms with Gasteiger partial charge in [0.15, 0.2) is 17.1 Å². The van der Waals surface area contributed by atoms with Crippen molar-refractivity contribution in [1.82, 2.24) is 4.90 Å². The molecule has 0 aromatic heterocycles. The lowest BCUT2D eigenvalue weighted by molar-refractivity contribution is -0.385. The summed E-state index contributed by atoms with van der Waals surface area (Å²) in [5, 5.41) is 21.9. The van der Waals surface area contributed by atoms with E-state index in [2.05, 4.69) is 4.74 Å². The second-order valence-electron chi connectivity index (χ2n) is 9.21. The van der Waals surface area contributed by atoms with Crippen LogP contribution in [0.3, 0.4) is 0 Å². The Morgan fingerprint density at radius 1 is 0.844 bits per heavy atom. The molecule has 0 radical (unpaired) electrons. The van der Waals surface area contributed by atoms with Crippen molar-refractivity contribution >= 4 is 41.1 Å². The average Bonchev–Trinajstić information content (AvgIpc) is 3.46. The molecule has 1 atom stereocenters. The number of cyclic esters (lactones) is 2. The molecule has 2 heterocycles. The first-order valence-electron chi connectivity index (χ1n) is 13.0. The Morgan fingerprint density at radius 3 is 2.04 bits per heavy atom. The molecular formula is C29H23N3O13. The summed E-state index contributed by atoms with van der Waals surface area (Å²) in [4.78, 5) is 81.7. The topological polar surface area (TPSA) is 212 Å². The van der Waals surface area contributed by atoms with Crippen LogP contribution in [0.5, 0.6) is 11.5 Å². The Bertz CT molecular complexity index is 1770. The zero-order valence-corrected chi connectivity index (χ0v) is 23.8. The van der Waals surface area contributed by atoms with Gasteiger partial charge in [-0.2, -0.15) is 0 Å². The summed E-state index contributed by atoms with van der Waals surface area (Å²) in [5.41, 5.74) is -1.17. The van der Waals surface area contributed by atoms with Gasteiger partial charge in [0.2, 0.25) is 0 Å². The number of nitro groups is 2. The lowest BCUT2D eigenvalue weighted by Crippen LogP contribution is -2.35. The van der Waals surface area contributed by atoms with Gasteiger partial charge in [0.25, 0.3) is 23.2 Å². The Kier molecular flexibility index (Phi) is 9.16. The molecule has 0 fully saturated rings. The highest BCUT2D eigenvalue weighted by molar-refractivity contribution is 6.23. The summed E-state index contributed by atoms with van der Waals surface area (Å²) in [6.45, 7) is 2.11. The number of ether oxygens (including phenoxy) is 4. The molecule has 2 aliphatic heterocycles. The summed E-state index contributed by atoms with van der Waals surface area (Å²) < 4.78 is 19.8. The number of imide groups is 1. The van der Waals surface area contributed by atoms with Crippen LogP contribution in [0.4, 0.5) is 11.4 Å². The summed E-state index contributed by atoms with van der Waals surface area (Å²) in [6, 6.07) is 11.3. The monoisotopic (exact) mass is 621 g/mol. The lowest BCUT2D eigenvalue weighted by atomic mass is 10.0. The van der Waals surface area contributed by atoms with Gasteiger partial charge >= 0.3 is 17.9 Å². The van der Waals surface area contributed by atoms with E-state index in [9.17, 15) is 44.2 Å². The highest BCUT2D eigenvalue weighted by atomic mass is 16.6. The number of nitrogens with zero attached hydrogens (tertiary/aromatic N) is 3. The molecule has 16 nitrogen and oxygen atoms in total. The molecule has 3 aromatic rings. The zero-order chi connectivity index (χ0) is 33.0. The van der Waals surface area contributed by atoms with Gasteiger partial charge in [-0.15, -0.1) is 0 Å². The molecule has 2 aliphatic rings. The SMILES string of the molecule is CCOc1cc(C(CC(=O)OC)N2C(=O)c3cccc([N+](=O)[O-])c3C2=O)ccc1OC.O=C1OC(=O)c2c1cccc2[N+](=O)[O-]. The summed E-state index contributed by atoms with van der Waals surface area (Å²) >= 11 is 0. The van der Waals surface area contributed by atoms with Gasteiger partial charge in [-0.25, -0.2) is 9.59 Å². The number of rotatable bonds is 9. The van der Waals surface area contributed by atoms with Crippen molar-refractivity contribution < 1.29 is 52.8 Å². The third-order valence-corrected chi connectivity index (χ3v) is 6.74. The number of esters is 3. The Labute approximate surface area is 253 Å². The van der Waals surface area contributed by atoms with E-state index in [0.717, 1.165) is 17.0 Å². The number of nitro benzene ring substituents is 2. The van der Waals surface area contributed by atoms with E-state index in [-0.39, 0.29) is 28.7 Å². The van der Waals surface area contributed by atoms with E-state index >= 15 is 0 Å². The average molecular weight is 622 g/mol. The van der Waals surface area contributed by atoms with Crippen molar-refractivity contribution in [3.05, 3.63) is 103 Å². The second kappa shape index (κ2) is 13.0. The maximum Gasteiger partial charge on any atom is 0.353 e. The highest BCUT2D eigenvalue weighted by Crippen LogP contribution is 2.40. The minimum absolute atomic E-state index is 0.0517. The normalized spacial score (nSPS) is 13.6. The minimum Gasteiger partial charge on any atom is -0.493 e.